The molecule has 0 aromatic heterocycles. The molecule has 4 nitrogen and oxygen atoms in total. The summed E-state index contributed by atoms with van der Waals surface area (Å²) >= 11 is 0. The zero-order valence-corrected chi connectivity index (χ0v) is 8.90. The Morgan fingerprint density at radius 1 is 1.56 bits per heavy atom. The van der Waals surface area contributed by atoms with Crippen LogP contribution in [0.3, 0.4) is 0 Å². The van der Waals surface area contributed by atoms with Gasteiger partial charge >= 0.3 is 0 Å². The summed E-state index contributed by atoms with van der Waals surface area (Å²) in [6, 6.07) is 5.23. The van der Waals surface area contributed by atoms with Crippen LogP contribution in [-0.2, 0) is 0 Å². The highest BCUT2D eigenvalue weighted by Crippen LogP contribution is 2.04. The molecule has 88 valence electrons. The zero-order valence-electron chi connectivity index (χ0n) is 8.90. The van der Waals surface area contributed by atoms with Crippen LogP contribution in [-0.4, -0.2) is 34.9 Å². The van der Waals surface area contributed by atoms with E-state index in [9.17, 15) is 14.3 Å². The van der Waals surface area contributed by atoms with E-state index in [0.717, 1.165) is 6.07 Å². The van der Waals surface area contributed by atoms with Crippen molar-refractivity contribution in [2.24, 2.45) is 0 Å². The summed E-state index contributed by atoms with van der Waals surface area (Å²) in [5.41, 5.74) is -1.20. The number of aliphatic hydroxyl groups is 2. The summed E-state index contributed by atoms with van der Waals surface area (Å²) in [4.78, 5) is 11.5. The topological polar surface area (TPSA) is 69.6 Å². The molecule has 0 aliphatic carbocycles. The van der Waals surface area contributed by atoms with Gasteiger partial charge in [0, 0.05) is 12.1 Å². The third-order valence-electron chi connectivity index (χ3n) is 2.06. The van der Waals surface area contributed by atoms with Crippen molar-refractivity contribution in [1.82, 2.24) is 5.32 Å². The number of nitrogens with one attached hydrogen (secondary N) is 1. The van der Waals surface area contributed by atoms with Gasteiger partial charge < -0.3 is 15.5 Å². The molecule has 1 rings (SSSR count). The molecule has 1 aromatic carbocycles. The monoisotopic (exact) mass is 227 g/mol. The van der Waals surface area contributed by atoms with Crippen LogP contribution in [0.1, 0.15) is 17.3 Å². The molecule has 5 heteroatoms. The third kappa shape index (κ3) is 3.60. The molecule has 0 heterocycles. The van der Waals surface area contributed by atoms with Gasteiger partial charge in [0.05, 0.1) is 6.61 Å². The molecule has 1 aromatic rings. The molecule has 0 aliphatic rings. The number of halogens is 1. The lowest BCUT2D eigenvalue weighted by Crippen LogP contribution is -2.43. The molecule has 0 bridgehead atoms. The minimum atomic E-state index is -1.37. The number of benzene rings is 1. The fourth-order valence-corrected chi connectivity index (χ4v) is 1.06. The van der Waals surface area contributed by atoms with Gasteiger partial charge in [0.25, 0.3) is 5.91 Å². The van der Waals surface area contributed by atoms with Crippen molar-refractivity contribution in [3.63, 3.8) is 0 Å². The van der Waals surface area contributed by atoms with Crippen LogP contribution in [0, 0.1) is 5.82 Å². The maximum atomic E-state index is 12.8. The van der Waals surface area contributed by atoms with Crippen LogP contribution < -0.4 is 5.32 Å². The van der Waals surface area contributed by atoms with Gasteiger partial charge in [-0.05, 0) is 25.1 Å². The van der Waals surface area contributed by atoms with E-state index >= 15 is 0 Å². The first kappa shape index (κ1) is 12.6. The van der Waals surface area contributed by atoms with E-state index < -0.39 is 23.9 Å². The number of rotatable bonds is 4. The fraction of sp³-hybridized carbons (Fsp3) is 0.364. The van der Waals surface area contributed by atoms with Crippen molar-refractivity contribution in [2.75, 3.05) is 13.2 Å². The van der Waals surface area contributed by atoms with Crippen LogP contribution >= 0.6 is 0 Å². The molecule has 0 saturated carbocycles. The van der Waals surface area contributed by atoms with E-state index in [1.165, 1.54) is 25.1 Å². The summed E-state index contributed by atoms with van der Waals surface area (Å²) in [7, 11) is 0. The van der Waals surface area contributed by atoms with E-state index in [0.29, 0.717) is 0 Å². The van der Waals surface area contributed by atoms with Crippen molar-refractivity contribution < 1.29 is 19.4 Å². The molecule has 0 spiro atoms. The Balaban J connectivity index is 2.60. The van der Waals surface area contributed by atoms with E-state index in [1.807, 2.05) is 0 Å². The predicted octanol–water partition coefficient (Wildman–Crippen LogP) is 0.299. The van der Waals surface area contributed by atoms with Gasteiger partial charge in [-0.1, -0.05) is 6.07 Å². The summed E-state index contributed by atoms with van der Waals surface area (Å²) in [6.07, 6.45) is 0. The number of aliphatic hydroxyl groups excluding tert-OH is 1. The molecule has 1 amide bonds. The summed E-state index contributed by atoms with van der Waals surface area (Å²) in [5, 5.41) is 20.6. The van der Waals surface area contributed by atoms with Gasteiger partial charge in [0.2, 0.25) is 0 Å². The molecule has 16 heavy (non-hydrogen) atoms. The highest BCUT2D eigenvalue weighted by atomic mass is 19.1. The Labute approximate surface area is 92.7 Å². The SMILES string of the molecule is CC(O)(CO)CNC(=O)c1cccc(F)c1. The Hall–Kier alpha value is -1.46. The van der Waals surface area contributed by atoms with Crippen LogP contribution in [0.15, 0.2) is 24.3 Å². The first-order chi connectivity index (χ1) is 7.44. The van der Waals surface area contributed by atoms with Gasteiger partial charge in [-0.15, -0.1) is 0 Å². The molecular formula is C11H14FNO3. The number of hydrogen-bond acceptors (Lipinski definition) is 3. The van der Waals surface area contributed by atoms with E-state index in [1.54, 1.807) is 0 Å². The largest absolute Gasteiger partial charge is 0.393 e. The molecule has 0 aliphatic heterocycles. The number of carbonyl (C=O) groups is 1. The molecule has 0 saturated heterocycles. The normalized spacial score (nSPS) is 14.2. The quantitative estimate of drug-likeness (QED) is 0.693. The van der Waals surface area contributed by atoms with Crippen molar-refractivity contribution in [2.45, 2.75) is 12.5 Å². The van der Waals surface area contributed by atoms with Gasteiger partial charge in [0.15, 0.2) is 0 Å². The Kier molecular flexibility index (Phi) is 3.98. The lowest BCUT2D eigenvalue weighted by Gasteiger charge is -2.20. The molecule has 3 N–H and O–H groups in total. The molecule has 0 fully saturated rings. The summed E-state index contributed by atoms with van der Waals surface area (Å²) in [6.45, 7) is 0.828. The molecular weight excluding hydrogens is 213 g/mol. The lowest BCUT2D eigenvalue weighted by atomic mass is 10.1. The highest BCUT2D eigenvalue weighted by Gasteiger charge is 2.20. The van der Waals surface area contributed by atoms with Crippen LogP contribution in [0.4, 0.5) is 4.39 Å². The first-order valence-corrected chi connectivity index (χ1v) is 4.81. The van der Waals surface area contributed by atoms with Gasteiger partial charge in [0.1, 0.15) is 11.4 Å². The van der Waals surface area contributed by atoms with E-state index in [-0.39, 0.29) is 12.1 Å². The Bertz CT molecular complexity index is 379. The minimum Gasteiger partial charge on any atom is -0.393 e. The van der Waals surface area contributed by atoms with Crippen molar-refractivity contribution in [3.05, 3.63) is 35.6 Å². The van der Waals surface area contributed by atoms with Gasteiger partial charge in [-0.25, -0.2) is 4.39 Å². The fourth-order valence-electron chi connectivity index (χ4n) is 1.06. The minimum absolute atomic E-state index is 0.0984. The van der Waals surface area contributed by atoms with E-state index in [2.05, 4.69) is 5.32 Å². The molecule has 1 unspecified atom stereocenters. The van der Waals surface area contributed by atoms with Crippen molar-refractivity contribution in [1.29, 1.82) is 0 Å². The second-order valence-electron chi connectivity index (χ2n) is 3.85. The Morgan fingerprint density at radius 3 is 2.81 bits per heavy atom. The van der Waals surface area contributed by atoms with Gasteiger partial charge in [-0.3, -0.25) is 4.79 Å². The third-order valence-corrected chi connectivity index (χ3v) is 2.06. The standard InChI is InChI=1S/C11H14FNO3/c1-11(16,7-14)6-13-10(15)8-3-2-4-9(12)5-8/h2-5,14,16H,6-7H2,1H3,(H,13,15). The second kappa shape index (κ2) is 5.05. The van der Waals surface area contributed by atoms with Crippen molar-refractivity contribution in [3.8, 4) is 0 Å². The van der Waals surface area contributed by atoms with Crippen molar-refractivity contribution >= 4 is 5.91 Å². The predicted molar refractivity (Wildman–Crippen MR) is 56.4 cm³/mol. The maximum Gasteiger partial charge on any atom is 0.251 e. The molecule has 0 radical (unpaired) electrons. The second-order valence-corrected chi connectivity index (χ2v) is 3.85. The zero-order chi connectivity index (χ0) is 12.2. The Morgan fingerprint density at radius 2 is 2.25 bits per heavy atom. The molecule has 1 atom stereocenters. The number of hydrogen-bond donors (Lipinski definition) is 3. The number of carbonyl (C=O) groups excluding carboxylic acids is 1. The lowest BCUT2D eigenvalue weighted by molar-refractivity contribution is 0.00320. The summed E-state index contributed by atoms with van der Waals surface area (Å²) < 4.78 is 12.8. The number of amides is 1. The van der Waals surface area contributed by atoms with Crippen LogP contribution in [0.25, 0.3) is 0 Å². The van der Waals surface area contributed by atoms with Gasteiger partial charge in [-0.2, -0.15) is 0 Å². The average molecular weight is 227 g/mol. The maximum absolute atomic E-state index is 12.8. The van der Waals surface area contributed by atoms with Crippen LogP contribution in [0.2, 0.25) is 0 Å². The van der Waals surface area contributed by atoms with E-state index in [4.69, 9.17) is 5.11 Å². The smallest absolute Gasteiger partial charge is 0.251 e. The average Bonchev–Trinajstić information content (AvgIpc) is 2.26. The summed E-state index contributed by atoms with van der Waals surface area (Å²) in [5.74, 6) is -0.991. The first-order valence-electron chi connectivity index (χ1n) is 4.81. The van der Waals surface area contributed by atoms with Crippen LogP contribution in [0.5, 0.6) is 0 Å². The highest BCUT2D eigenvalue weighted by molar-refractivity contribution is 5.94.